The van der Waals surface area contributed by atoms with E-state index in [0.29, 0.717) is 17.5 Å². The van der Waals surface area contributed by atoms with Crippen LogP contribution in [0.25, 0.3) is 122 Å². The Hall–Kier alpha value is -8.61. The van der Waals surface area contributed by atoms with Crippen molar-refractivity contribution in [1.29, 1.82) is 0 Å². The molecule has 4 aromatic heterocycles. The van der Waals surface area contributed by atoms with Crippen LogP contribution in [-0.2, 0) is 0 Å². The summed E-state index contributed by atoms with van der Waals surface area (Å²) in [4.78, 5) is 15.9. The van der Waals surface area contributed by atoms with E-state index in [0.717, 1.165) is 94.0 Å². The quantitative estimate of drug-likeness (QED) is 0.168. The topological polar surface area (TPSA) is 61.7 Å². The van der Waals surface area contributed by atoms with E-state index in [1.165, 1.54) is 10.8 Å². The lowest BCUT2D eigenvalue weighted by Crippen LogP contribution is -2.01. The van der Waals surface area contributed by atoms with Crippen LogP contribution in [0.1, 0.15) is 0 Å². The number of hydrogen-bond acceptors (Lipinski definition) is 4. The van der Waals surface area contributed by atoms with Crippen LogP contribution in [-0.4, -0.2) is 24.1 Å². The molecule has 0 saturated carbocycles. The van der Waals surface area contributed by atoms with E-state index >= 15 is 0 Å². The molecule has 4 heterocycles. The molecule has 0 spiro atoms. The molecule has 294 valence electrons. The molecule has 9 aromatic carbocycles. The van der Waals surface area contributed by atoms with Crippen LogP contribution >= 0.6 is 0 Å². The molecule has 13 aromatic rings. The van der Waals surface area contributed by atoms with Crippen molar-refractivity contribution >= 4 is 65.6 Å². The predicted octanol–water partition coefficient (Wildman–Crippen LogP) is 14.6. The van der Waals surface area contributed by atoms with Gasteiger partial charge in [-0.25, -0.2) is 15.0 Å². The number of rotatable bonds is 6. The van der Waals surface area contributed by atoms with E-state index in [1.54, 1.807) is 0 Å². The zero-order chi connectivity index (χ0) is 41.4. The van der Waals surface area contributed by atoms with Crippen molar-refractivity contribution in [2.24, 2.45) is 0 Å². The first kappa shape index (κ1) is 35.2. The van der Waals surface area contributed by atoms with E-state index in [9.17, 15) is 0 Å². The van der Waals surface area contributed by atoms with Crippen molar-refractivity contribution in [3.05, 3.63) is 212 Å². The Morgan fingerprint density at radius 3 is 1.46 bits per heavy atom. The van der Waals surface area contributed by atoms with E-state index in [-0.39, 0.29) is 0 Å². The fraction of sp³-hybridized carbons (Fsp3) is 0. The second-order valence-electron chi connectivity index (χ2n) is 16.0. The second-order valence-corrected chi connectivity index (χ2v) is 16.0. The number of benzene rings is 9. The molecule has 0 unspecified atom stereocenters. The first-order valence-electron chi connectivity index (χ1n) is 21.2. The lowest BCUT2D eigenvalue weighted by Gasteiger charge is -2.13. The van der Waals surface area contributed by atoms with Crippen molar-refractivity contribution in [3.63, 3.8) is 0 Å². The molecule has 6 nitrogen and oxygen atoms in total. The molecular weight excluding hydrogens is 771 g/mol. The molecule has 0 aliphatic carbocycles. The van der Waals surface area contributed by atoms with Crippen LogP contribution in [0, 0.1) is 0 Å². The van der Waals surface area contributed by atoms with Crippen LogP contribution < -0.4 is 0 Å². The average Bonchev–Trinajstić information content (AvgIpc) is 4.01. The largest absolute Gasteiger partial charge is 0.455 e. The molecule has 0 aliphatic heterocycles. The Kier molecular flexibility index (Phi) is 7.80. The third kappa shape index (κ3) is 5.62. The van der Waals surface area contributed by atoms with Crippen molar-refractivity contribution in [1.82, 2.24) is 24.1 Å². The molecule has 63 heavy (non-hydrogen) atoms. The van der Waals surface area contributed by atoms with Gasteiger partial charge in [0.05, 0.1) is 27.6 Å². The monoisotopic (exact) mass is 805 g/mol. The summed E-state index contributed by atoms with van der Waals surface area (Å²) in [5, 5.41) is 6.67. The standard InChI is InChI=1S/C57H35N5O/c1-4-16-36(17-5-1)38-29-31-53-46(32-38)47-34-41(62-49-25-13-10-22-42(49)43-23-11-14-26-50(43)62)35-48(54(47)63-53)57-59-55(37-18-6-2-7-19-37)58-56(60-57)39-28-30-52-45(33-39)44-24-12-15-27-51(44)61(52)40-20-8-3-9-21-40/h1-35H. The lowest BCUT2D eigenvalue weighted by atomic mass is 10.0. The van der Waals surface area contributed by atoms with Gasteiger partial charge in [-0.1, -0.05) is 140 Å². The smallest absolute Gasteiger partial charge is 0.167 e. The summed E-state index contributed by atoms with van der Waals surface area (Å²) < 4.78 is 11.6. The molecule has 0 atom stereocenters. The number of nitrogens with zero attached hydrogens (tertiary/aromatic N) is 5. The van der Waals surface area contributed by atoms with Crippen LogP contribution in [0.15, 0.2) is 217 Å². The van der Waals surface area contributed by atoms with Crippen LogP contribution in [0.5, 0.6) is 0 Å². The Bertz CT molecular complexity index is 3850. The van der Waals surface area contributed by atoms with Crippen molar-refractivity contribution in [3.8, 4) is 56.7 Å². The molecule has 0 amide bonds. The Morgan fingerprint density at radius 1 is 0.302 bits per heavy atom. The summed E-state index contributed by atoms with van der Waals surface area (Å²) in [6.07, 6.45) is 0. The normalized spacial score (nSPS) is 11.8. The van der Waals surface area contributed by atoms with E-state index in [4.69, 9.17) is 19.4 Å². The van der Waals surface area contributed by atoms with Gasteiger partial charge in [-0.2, -0.15) is 0 Å². The first-order valence-corrected chi connectivity index (χ1v) is 21.2. The predicted molar refractivity (Wildman–Crippen MR) is 258 cm³/mol. The number of para-hydroxylation sites is 4. The third-order valence-corrected chi connectivity index (χ3v) is 12.4. The Balaban J connectivity index is 1.09. The summed E-state index contributed by atoms with van der Waals surface area (Å²) in [5.74, 6) is 1.69. The van der Waals surface area contributed by atoms with Crippen molar-refractivity contribution in [2.75, 3.05) is 0 Å². The maximum atomic E-state index is 6.91. The number of fused-ring (bicyclic) bond motifs is 9. The minimum atomic E-state index is 0.528. The molecule has 0 radical (unpaired) electrons. The van der Waals surface area contributed by atoms with Crippen LogP contribution in [0.3, 0.4) is 0 Å². The molecule has 13 rings (SSSR count). The minimum Gasteiger partial charge on any atom is -0.455 e. The molecule has 0 aliphatic rings. The second kappa shape index (κ2) is 14.0. The van der Waals surface area contributed by atoms with Gasteiger partial charge in [0.15, 0.2) is 17.5 Å². The Morgan fingerprint density at radius 2 is 0.794 bits per heavy atom. The fourth-order valence-corrected chi connectivity index (χ4v) is 9.48. The van der Waals surface area contributed by atoms with Gasteiger partial charge in [0, 0.05) is 54.8 Å². The fourth-order valence-electron chi connectivity index (χ4n) is 9.48. The number of aromatic nitrogens is 5. The van der Waals surface area contributed by atoms with Gasteiger partial charge in [-0.15, -0.1) is 0 Å². The van der Waals surface area contributed by atoms with Gasteiger partial charge in [0.2, 0.25) is 0 Å². The van der Waals surface area contributed by atoms with E-state index in [1.807, 2.05) is 24.3 Å². The highest BCUT2D eigenvalue weighted by molar-refractivity contribution is 6.14. The Labute approximate surface area is 361 Å². The zero-order valence-corrected chi connectivity index (χ0v) is 33.9. The first-order chi connectivity index (χ1) is 31.2. The van der Waals surface area contributed by atoms with Crippen LogP contribution in [0.4, 0.5) is 0 Å². The van der Waals surface area contributed by atoms with Gasteiger partial charge >= 0.3 is 0 Å². The summed E-state index contributed by atoms with van der Waals surface area (Å²) in [7, 11) is 0. The molecular formula is C57H35N5O. The third-order valence-electron chi connectivity index (χ3n) is 12.4. The van der Waals surface area contributed by atoms with E-state index in [2.05, 4.69) is 197 Å². The number of furan rings is 1. The highest BCUT2D eigenvalue weighted by atomic mass is 16.3. The molecule has 0 fully saturated rings. The average molecular weight is 806 g/mol. The van der Waals surface area contributed by atoms with Gasteiger partial charge in [0.1, 0.15) is 11.2 Å². The van der Waals surface area contributed by atoms with Gasteiger partial charge in [-0.3, -0.25) is 0 Å². The van der Waals surface area contributed by atoms with Crippen molar-refractivity contribution in [2.45, 2.75) is 0 Å². The van der Waals surface area contributed by atoms with Gasteiger partial charge in [-0.05, 0) is 83.9 Å². The summed E-state index contributed by atoms with van der Waals surface area (Å²) >= 11 is 0. The number of hydrogen-bond donors (Lipinski definition) is 0. The maximum Gasteiger partial charge on any atom is 0.167 e. The SMILES string of the molecule is c1ccc(-c2ccc3oc4c(-c5nc(-c6ccccc6)nc(-c6ccc7c(c6)c6ccccc6n7-c6ccccc6)n5)cc(-n5c6ccccc6c6ccccc65)cc4c3c2)cc1. The maximum absolute atomic E-state index is 6.91. The lowest BCUT2D eigenvalue weighted by molar-refractivity contribution is 0.669. The minimum absolute atomic E-state index is 0.528. The molecule has 0 N–H and O–H groups in total. The summed E-state index contributed by atoms with van der Waals surface area (Å²) in [6, 6.07) is 74.4. The molecule has 6 heteroatoms. The van der Waals surface area contributed by atoms with Crippen LogP contribution in [0.2, 0.25) is 0 Å². The van der Waals surface area contributed by atoms with E-state index < -0.39 is 0 Å². The van der Waals surface area contributed by atoms with Crippen molar-refractivity contribution < 1.29 is 4.42 Å². The van der Waals surface area contributed by atoms with Gasteiger partial charge in [0.25, 0.3) is 0 Å². The zero-order valence-electron chi connectivity index (χ0n) is 33.9. The molecule has 0 bridgehead atoms. The van der Waals surface area contributed by atoms with Gasteiger partial charge < -0.3 is 13.6 Å². The highest BCUT2D eigenvalue weighted by Crippen LogP contribution is 2.42. The summed E-state index contributed by atoms with van der Waals surface area (Å²) in [6.45, 7) is 0. The highest BCUT2D eigenvalue weighted by Gasteiger charge is 2.23. The molecule has 0 saturated heterocycles. The summed E-state index contributed by atoms with van der Waals surface area (Å²) in [5.41, 5.74) is 12.9.